The van der Waals surface area contributed by atoms with Crippen molar-refractivity contribution in [3.63, 3.8) is 0 Å². The standard InChI is InChI=1S/2C12H17NO3.C8H11NO2.C5H8O4.K/c2*1-3-16-11(15)9-10(14)5-4-6-12(13-2)7-8-12;1-9-8(5-6-8)4-2-3-7(10)11;1-2-9-5(8)3-4(6)7;/h2*3-9H2,1H3;2-6H2,(H,10,11);2-3H2,1H3,(H,6,7);/q;;;;+1/p-1. The number of nitrogens with zero attached hydrogens (tertiary/aromatic N) is 3. The van der Waals surface area contributed by atoms with Gasteiger partial charge in [-0.25, -0.2) is 19.7 Å². The number of carbonyl (C=O) groups is 7. The smallest absolute Gasteiger partial charge is 0.550 e. The molecule has 0 radical (unpaired) electrons. The Morgan fingerprint density at radius 2 is 0.849 bits per heavy atom. The van der Waals surface area contributed by atoms with Gasteiger partial charge in [0.15, 0.2) is 0 Å². The molecule has 1 N–H and O–H groups in total. The molecule has 288 valence electrons. The molecule has 0 aromatic carbocycles. The Morgan fingerprint density at radius 1 is 0.566 bits per heavy atom. The van der Waals surface area contributed by atoms with E-state index in [4.69, 9.17) is 24.8 Å². The molecule has 3 fully saturated rings. The van der Waals surface area contributed by atoms with E-state index in [1.165, 1.54) is 0 Å². The summed E-state index contributed by atoms with van der Waals surface area (Å²) in [7, 11) is 0. The van der Waals surface area contributed by atoms with Gasteiger partial charge in [-0.15, -0.1) is 0 Å². The minimum absolute atomic E-state index is 0. The van der Waals surface area contributed by atoms with Crippen LogP contribution in [0.5, 0.6) is 0 Å². The quantitative estimate of drug-likeness (QED) is 0.0582. The van der Waals surface area contributed by atoms with Crippen LogP contribution in [0.2, 0.25) is 0 Å². The topological polar surface area (TPSA) is 204 Å². The Labute approximate surface area is 355 Å². The van der Waals surface area contributed by atoms with E-state index in [1.807, 2.05) is 0 Å². The minimum Gasteiger partial charge on any atom is -0.550 e. The van der Waals surface area contributed by atoms with Crippen LogP contribution in [0.15, 0.2) is 0 Å². The van der Waals surface area contributed by atoms with Gasteiger partial charge in [-0.3, -0.25) is 28.8 Å². The van der Waals surface area contributed by atoms with Crippen LogP contribution in [0, 0.1) is 19.7 Å². The fourth-order valence-corrected chi connectivity index (χ4v) is 4.74. The zero-order valence-corrected chi connectivity index (χ0v) is 34.8. The molecule has 0 spiro atoms. The van der Waals surface area contributed by atoms with Crippen molar-refractivity contribution in [2.75, 3.05) is 19.8 Å². The normalized spacial score (nSPS) is 15.2. The van der Waals surface area contributed by atoms with Crippen molar-refractivity contribution in [3.05, 3.63) is 34.3 Å². The Morgan fingerprint density at radius 3 is 1.08 bits per heavy atom. The van der Waals surface area contributed by atoms with E-state index >= 15 is 0 Å². The summed E-state index contributed by atoms with van der Waals surface area (Å²) in [6, 6.07) is 0. The van der Waals surface area contributed by atoms with E-state index in [9.17, 15) is 38.7 Å². The van der Waals surface area contributed by atoms with Crippen LogP contribution in [0.1, 0.15) is 136 Å². The molecule has 0 aliphatic heterocycles. The van der Waals surface area contributed by atoms with Gasteiger partial charge < -0.3 is 43.8 Å². The van der Waals surface area contributed by atoms with Gasteiger partial charge in [-0.05, 0) is 40.0 Å². The first-order valence-electron chi connectivity index (χ1n) is 17.7. The zero-order chi connectivity index (χ0) is 39.6. The Kier molecular flexibility index (Phi) is 27.7. The molecule has 53 heavy (non-hydrogen) atoms. The summed E-state index contributed by atoms with van der Waals surface area (Å²) < 4.78 is 13.7. The maximum Gasteiger partial charge on any atom is 1.00 e. The molecule has 0 amide bonds. The summed E-state index contributed by atoms with van der Waals surface area (Å²) in [6.07, 6.45) is 10.2. The fraction of sp³-hybridized carbons (Fsp3) is 0.730. The number of hydrogen-bond acceptors (Lipinski definition) is 11. The van der Waals surface area contributed by atoms with Crippen molar-refractivity contribution in [2.24, 2.45) is 0 Å². The van der Waals surface area contributed by atoms with Crippen LogP contribution in [0.4, 0.5) is 0 Å². The van der Waals surface area contributed by atoms with Crippen LogP contribution in [-0.4, -0.2) is 83.0 Å². The van der Waals surface area contributed by atoms with E-state index in [1.54, 1.807) is 20.8 Å². The molecular weight excluding hydrogens is 718 g/mol. The van der Waals surface area contributed by atoms with Crippen LogP contribution in [0.3, 0.4) is 0 Å². The molecule has 16 heteroatoms. The number of ketones is 2. The van der Waals surface area contributed by atoms with Gasteiger partial charge in [0.05, 0.1) is 32.2 Å². The van der Waals surface area contributed by atoms with Crippen molar-refractivity contribution in [1.29, 1.82) is 0 Å². The van der Waals surface area contributed by atoms with Crippen LogP contribution in [-0.2, 0) is 47.8 Å². The van der Waals surface area contributed by atoms with Gasteiger partial charge in [0, 0.05) is 77.0 Å². The van der Waals surface area contributed by atoms with Crippen LogP contribution < -0.4 is 56.5 Å². The summed E-state index contributed by atoms with van der Waals surface area (Å²) in [5.41, 5.74) is -0.468. The molecule has 3 aliphatic carbocycles. The third-order valence-electron chi connectivity index (χ3n) is 8.31. The number of esters is 3. The molecule has 0 heterocycles. The number of carboxylic acid groups (broad SMARTS) is 2. The predicted molar refractivity (Wildman–Crippen MR) is 184 cm³/mol. The first-order chi connectivity index (χ1) is 24.6. The van der Waals surface area contributed by atoms with Gasteiger partial charge in [0.1, 0.15) is 24.4 Å². The number of hydrogen-bond donors (Lipinski definition) is 1. The molecule has 0 unspecified atom stereocenters. The van der Waals surface area contributed by atoms with Crippen molar-refractivity contribution < 1.29 is 109 Å². The molecule has 3 rings (SSSR count). The molecule has 0 aromatic heterocycles. The van der Waals surface area contributed by atoms with Crippen LogP contribution >= 0.6 is 0 Å². The van der Waals surface area contributed by atoms with Gasteiger partial charge >= 0.3 is 75.3 Å². The number of rotatable bonds is 21. The van der Waals surface area contributed by atoms with Crippen molar-refractivity contribution in [1.82, 2.24) is 0 Å². The predicted octanol–water partition coefficient (Wildman–Crippen LogP) is 1.65. The second kappa shape index (κ2) is 28.3. The van der Waals surface area contributed by atoms with Crippen molar-refractivity contribution in [2.45, 2.75) is 153 Å². The summed E-state index contributed by atoms with van der Waals surface area (Å²) in [5, 5.41) is 18.0. The van der Waals surface area contributed by atoms with E-state index < -0.39 is 36.3 Å². The molecule has 0 saturated heterocycles. The van der Waals surface area contributed by atoms with Crippen LogP contribution in [0.25, 0.3) is 14.5 Å². The zero-order valence-electron chi connectivity index (χ0n) is 31.6. The summed E-state index contributed by atoms with van der Waals surface area (Å²) >= 11 is 0. The van der Waals surface area contributed by atoms with E-state index in [-0.39, 0.29) is 105 Å². The number of aliphatic carboxylic acids is 2. The first kappa shape index (κ1) is 51.9. The number of carboxylic acids is 2. The Bertz CT molecular complexity index is 1290. The monoisotopic (exact) mass is 769 g/mol. The maximum atomic E-state index is 11.3. The molecule has 0 atom stereocenters. The molecular formula is C37H52KN3O12. The number of ether oxygens (including phenoxy) is 3. The summed E-state index contributed by atoms with van der Waals surface area (Å²) in [5.74, 6) is -3.98. The fourth-order valence-electron chi connectivity index (χ4n) is 4.74. The third kappa shape index (κ3) is 27.1. The molecule has 3 aliphatic rings. The van der Waals surface area contributed by atoms with Gasteiger partial charge in [0.2, 0.25) is 16.6 Å². The largest absolute Gasteiger partial charge is 1.00 e. The van der Waals surface area contributed by atoms with Gasteiger partial charge in [0.25, 0.3) is 0 Å². The van der Waals surface area contributed by atoms with Crippen molar-refractivity contribution in [3.8, 4) is 0 Å². The molecule has 0 aromatic rings. The molecule has 3 saturated carbocycles. The minimum atomic E-state index is -1.41. The van der Waals surface area contributed by atoms with Gasteiger partial charge in [-0.2, -0.15) is 0 Å². The second-order valence-corrected chi connectivity index (χ2v) is 12.9. The molecule has 0 bridgehead atoms. The Hall–Kier alpha value is -3.20. The van der Waals surface area contributed by atoms with E-state index in [0.717, 1.165) is 57.8 Å². The van der Waals surface area contributed by atoms with Crippen molar-refractivity contribution >= 4 is 41.4 Å². The average molecular weight is 770 g/mol. The number of carbonyl (C=O) groups excluding carboxylic acids is 6. The summed E-state index contributed by atoms with van der Waals surface area (Å²) in [4.78, 5) is 85.3. The summed E-state index contributed by atoms with van der Waals surface area (Å²) in [6.45, 7) is 26.7. The SMILES string of the molecule is CCOC(=O)CC(=O)[O-].[C-]#[N+]C1(CCCC(=O)CC(=O)OCC)CC1.[C-]#[N+]C1(CCCC(=O)CC(=O)OCC)CC1.[C-]#[N+]C1(CCCC(=O)O)CC1.[K+]. The van der Waals surface area contributed by atoms with E-state index in [0.29, 0.717) is 45.3 Å². The third-order valence-corrected chi connectivity index (χ3v) is 8.31. The number of Topliss-reactive ketones (excluding diaryl/α,β-unsaturated/α-hetero) is 2. The average Bonchev–Trinajstić information content (AvgIpc) is 3.97. The molecule has 15 nitrogen and oxygen atoms in total. The maximum absolute atomic E-state index is 11.3. The van der Waals surface area contributed by atoms with Gasteiger partial charge in [-0.1, -0.05) is 0 Å². The first-order valence-corrected chi connectivity index (χ1v) is 17.7. The Balaban J connectivity index is 0. The second-order valence-electron chi connectivity index (χ2n) is 12.9. The van der Waals surface area contributed by atoms with E-state index in [2.05, 4.69) is 28.7 Å².